The Bertz CT molecular complexity index is 1010. The van der Waals surface area contributed by atoms with Crippen LogP contribution in [0.3, 0.4) is 0 Å². The average Bonchev–Trinajstić information content (AvgIpc) is 3.26. The van der Waals surface area contributed by atoms with Crippen molar-refractivity contribution in [2.75, 3.05) is 58.5 Å². The Balaban J connectivity index is 1.46. The monoisotopic (exact) mass is 487 g/mol. The molecule has 182 valence electrons. The van der Waals surface area contributed by atoms with Gasteiger partial charge >= 0.3 is 0 Å². The van der Waals surface area contributed by atoms with Crippen LogP contribution in [0.5, 0.6) is 11.5 Å². The molecule has 2 aliphatic heterocycles. The molecule has 0 aromatic heterocycles. The van der Waals surface area contributed by atoms with Crippen LogP contribution in [0.25, 0.3) is 0 Å². The fraction of sp³-hybridized carbons (Fsp3) is 0.440. The van der Waals surface area contributed by atoms with E-state index in [4.69, 9.17) is 25.8 Å². The summed E-state index contributed by atoms with van der Waals surface area (Å²) in [6.45, 7) is 3.65. The van der Waals surface area contributed by atoms with E-state index in [-0.39, 0.29) is 17.9 Å². The number of nitrogens with one attached hydrogen (secondary N) is 1. The number of halogens is 1. The van der Waals surface area contributed by atoms with Gasteiger partial charge in [-0.15, -0.1) is 0 Å². The predicted octanol–water partition coefficient (Wildman–Crippen LogP) is 2.90. The molecule has 2 aromatic carbocycles. The Morgan fingerprint density at radius 1 is 1.09 bits per heavy atom. The number of amides is 2. The lowest BCUT2D eigenvalue weighted by Crippen LogP contribution is -2.45. The molecule has 2 amide bonds. The van der Waals surface area contributed by atoms with Crippen molar-refractivity contribution in [1.82, 2.24) is 10.2 Å². The van der Waals surface area contributed by atoms with Crippen LogP contribution in [-0.2, 0) is 14.3 Å². The van der Waals surface area contributed by atoms with Gasteiger partial charge in [0.2, 0.25) is 11.8 Å². The maximum absolute atomic E-state index is 13.1. The molecule has 2 aliphatic rings. The minimum Gasteiger partial charge on any atom is -0.493 e. The van der Waals surface area contributed by atoms with Crippen molar-refractivity contribution in [3.05, 3.63) is 53.1 Å². The van der Waals surface area contributed by atoms with Gasteiger partial charge in [0.1, 0.15) is 5.92 Å². The zero-order valence-electron chi connectivity index (χ0n) is 19.5. The number of nitrogens with zero attached hydrogens (tertiary/aromatic N) is 2. The van der Waals surface area contributed by atoms with E-state index in [0.717, 1.165) is 24.3 Å². The molecule has 2 aromatic rings. The highest BCUT2D eigenvalue weighted by molar-refractivity contribution is 6.30. The lowest BCUT2D eigenvalue weighted by Gasteiger charge is -2.35. The number of anilines is 1. The van der Waals surface area contributed by atoms with Gasteiger partial charge in [-0.2, -0.15) is 0 Å². The summed E-state index contributed by atoms with van der Waals surface area (Å²) in [5, 5.41) is 3.64. The van der Waals surface area contributed by atoms with Gasteiger partial charge in [0.15, 0.2) is 11.5 Å². The van der Waals surface area contributed by atoms with Gasteiger partial charge in [0.05, 0.1) is 33.5 Å². The molecule has 34 heavy (non-hydrogen) atoms. The van der Waals surface area contributed by atoms with Gasteiger partial charge < -0.3 is 24.4 Å². The Hall–Kier alpha value is -2.81. The molecule has 1 N–H and O–H groups in total. The first-order valence-corrected chi connectivity index (χ1v) is 11.8. The Kier molecular flexibility index (Phi) is 7.92. The van der Waals surface area contributed by atoms with Crippen LogP contribution in [0.1, 0.15) is 18.0 Å². The third kappa shape index (κ3) is 5.29. The number of hydrogen-bond donors (Lipinski definition) is 1. The molecule has 0 radical (unpaired) electrons. The maximum atomic E-state index is 13.1. The van der Waals surface area contributed by atoms with Crippen LogP contribution in [0, 0.1) is 5.92 Å². The van der Waals surface area contributed by atoms with Crippen molar-refractivity contribution >= 4 is 29.1 Å². The van der Waals surface area contributed by atoms with Crippen molar-refractivity contribution in [1.29, 1.82) is 0 Å². The molecule has 2 atom stereocenters. The van der Waals surface area contributed by atoms with Crippen LogP contribution >= 0.6 is 11.6 Å². The molecular formula is C25H30ClN3O5. The molecule has 0 saturated carbocycles. The topological polar surface area (TPSA) is 80.3 Å². The molecule has 0 aliphatic carbocycles. The van der Waals surface area contributed by atoms with Gasteiger partial charge in [-0.25, -0.2) is 0 Å². The van der Waals surface area contributed by atoms with Crippen molar-refractivity contribution in [3.8, 4) is 11.5 Å². The fourth-order valence-corrected chi connectivity index (χ4v) is 4.65. The van der Waals surface area contributed by atoms with E-state index in [0.29, 0.717) is 49.2 Å². The number of methoxy groups -OCH3 is 2. The van der Waals surface area contributed by atoms with Crippen LogP contribution in [0.4, 0.5) is 5.69 Å². The summed E-state index contributed by atoms with van der Waals surface area (Å²) in [4.78, 5) is 30.0. The SMILES string of the molecule is COc1ccc(C(CNC(=O)C2CCN(c3ccc(Cl)cc3)C2=O)N2CCOCC2)cc1OC. The smallest absolute Gasteiger partial charge is 0.239 e. The summed E-state index contributed by atoms with van der Waals surface area (Å²) < 4.78 is 16.4. The molecule has 2 fully saturated rings. The Labute approximate surface area is 204 Å². The molecule has 0 spiro atoms. The number of morpholine rings is 1. The summed E-state index contributed by atoms with van der Waals surface area (Å²) in [5.41, 5.74) is 1.75. The van der Waals surface area contributed by atoms with Gasteiger partial charge in [-0.05, 0) is 48.4 Å². The van der Waals surface area contributed by atoms with E-state index < -0.39 is 5.92 Å². The first kappa shape index (κ1) is 24.3. The van der Waals surface area contributed by atoms with Crippen LogP contribution in [0.15, 0.2) is 42.5 Å². The van der Waals surface area contributed by atoms with Crippen LogP contribution < -0.4 is 19.7 Å². The normalized spacial score (nSPS) is 19.7. The quantitative estimate of drug-likeness (QED) is 0.577. The number of benzene rings is 2. The second-order valence-corrected chi connectivity index (χ2v) is 8.77. The largest absolute Gasteiger partial charge is 0.493 e. The Morgan fingerprint density at radius 2 is 1.79 bits per heavy atom. The third-order valence-corrected chi connectivity index (χ3v) is 6.66. The molecule has 2 unspecified atom stereocenters. The lowest BCUT2D eigenvalue weighted by molar-refractivity contribution is -0.132. The number of carbonyl (C=O) groups is 2. The molecule has 4 rings (SSSR count). The van der Waals surface area contributed by atoms with Gasteiger partial charge in [0, 0.05) is 36.9 Å². The highest BCUT2D eigenvalue weighted by Gasteiger charge is 2.38. The van der Waals surface area contributed by atoms with E-state index in [9.17, 15) is 9.59 Å². The first-order valence-electron chi connectivity index (χ1n) is 11.4. The molecule has 9 heteroatoms. The third-order valence-electron chi connectivity index (χ3n) is 6.41. The predicted molar refractivity (Wildman–Crippen MR) is 130 cm³/mol. The number of hydrogen-bond acceptors (Lipinski definition) is 6. The van der Waals surface area contributed by atoms with Gasteiger partial charge in [0.25, 0.3) is 0 Å². The van der Waals surface area contributed by atoms with E-state index >= 15 is 0 Å². The van der Waals surface area contributed by atoms with E-state index in [2.05, 4.69) is 10.2 Å². The van der Waals surface area contributed by atoms with Crippen LogP contribution in [-0.4, -0.2) is 70.3 Å². The lowest BCUT2D eigenvalue weighted by atomic mass is 10.0. The standard InChI is InChI=1S/C25H30ClN3O5/c1-32-22-8-3-17(15-23(22)33-2)21(28-11-13-34-14-12-28)16-27-24(30)20-9-10-29(25(20)31)19-6-4-18(26)5-7-19/h3-8,15,20-21H,9-14,16H2,1-2H3,(H,27,30). The molecular weight excluding hydrogens is 458 g/mol. The zero-order valence-corrected chi connectivity index (χ0v) is 20.2. The zero-order chi connectivity index (χ0) is 24.1. The number of ether oxygens (including phenoxy) is 3. The summed E-state index contributed by atoms with van der Waals surface area (Å²) >= 11 is 5.96. The second kappa shape index (κ2) is 11.1. The molecule has 0 bridgehead atoms. The second-order valence-electron chi connectivity index (χ2n) is 8.33. The van der Waals surface area contributed by atoms with Crippen molar-refractivity contribution in [2.24, 2.45) is 5.92 Å². The van der Waals surface area contributed by atoms with Crippen molar-refractivity contribution in [2.45, 2.75) is 12.5 Å². The van der Waals surface area contributed by atoms with E-state index in [1.54, 1.807) is 43.4 Å². The minimum atomic E-state index is -0.702. The molecule has 2 heterocycles. The van der Waals surface area contributed by atoms with E-state index in [1.807, 2.05) is 18.2 Å². The number of rotatable bonds is 8. The summed E-state index contributed by atoms with van der Waals surface area (Å²) in [7, 11) is 3.20. The van der Waals surface area contributed by atoms with Gasteiger partial charge in [-0.1, -0.05) is 17.7 Å². The summed E-state index contributed by atoms with van der Waals surface area (Å²) in [6.07, 6.45) is 0.478. The van der Waals surface area contributed by atoms with Crippen LogP contribution in [0.2, 0.25) is 5.02 Å². The minimum absolute atomic E-state index is 0.0865. The molecule has 2 saturated heterocycles. The maximum Gasteiger partial charge on any atom is 0.239 e. The number of carbonyl (C=O) groups excluding carboxylic acids is 2. The summed E-state index contributed by atoms with van der Waals surface area (Å²) in [6, 6.07) is 12.8. The van der Waals surface area contributed by atoms with Crippen molar-refractivity contribution < 1.29 is 23.8 Å². The first-order chi connectivity index (χ1) is 16.5. The fourth-order valence-electron chi connectivity index (χ4n) is 4.53. The highest BCUT2D eigenvalue weighted by Crippen LogP contribution is 2.32. The summed E-state index contributed by atoms with van der Waals surface area (Å²) in [5.74, 6) is 0.143. The van der Waals surface area contributed by atoms with Gasteiger partial charge in [-0.3, -0.25) is 14.5 Å². The molecule has 8 nitrogen and oxygen atoms in total. The highest BCUT2D eigenvalue weighted by atomic mass is 35.5. The van der Waals surface area contributed by atoms with Crippen molar-refractivity contribution in [3.63, 3.8) is 0 Å². The average molecular weight is 488 g/mol. The Morgan fingerprint density at radius 3 is 2.47 bits per heavy atom. The van der Waals surface area contributed by atoms with E-state index in [1.165, 1.54) is 0 Å².